The summed E-state index contributed by atoms with van der Waals surface area (Å²) >= 11 is 0. The van der Waals surface area contributed by atoms with E-state index < -0.39 is 6.10 Å². The lowest BCUT2D eigenvalue weighted by Crippen LogP contribution is -2.35. The highest BCUT2D eigenvalue weighted by Gasteiger charge is 2.26. The van der Waals surface area contributed by atoms with Gasteiger partial charge in [-0.25, -0.2) is 0 Å². The van der Waals surface area contributed by atoms with Gasteiger partial charge in [-0.15, -0.1) is 0 Å². The maximum absolute atomic E-state index is 12.9. The molecule has 5 heteroatoms. The minimum atomic E-state index is -0.456. The van der Waals surface area contributed by atoms with Crippen LogP contribution in [0.3, 0.4) is 0 Å². The number of carbonyl (C=O) groups is 2. The summed E-state index contributed by atoms with van der Waals surface area (Å²) in [6.07, 6.45) is -0.456. The van der Waals surface area contributed by atoms with Crippen LogP contribution in [0.4, 0.5) is 0 Å². The van der Waals surface area contributed by atoms with E-state index in [0.717, 1.165) is 11.1 Å². The number of nitrogens with one attached hydrogen (secondary N) is 2. The van der Waals surface area contributed by atoms with E-state index in [0.29, 0.717) is 36.3 Å². The fraction of sp³-hybridized carbons (Fsp3) is 0.333. The lowest BCUT2D eigenvalue weighted by atomic mass is 9.95. The van der Waals surface area contributed by atoms with Crippen molar-refractivity contribution in [3.63, 3.8) is 0 Å². The normalized spacial score (nSPS) is 19.3. The van der Waals surface area contributed by atoms with Gasteiger partial charge in [0, 0.05) is 36.7 Å². The molecular formula is C21H24N2O3. The summed E-state index contributed by atoms with van der Waals surface area (Å²) in [6.45, 7) is 5.55. The van der Waals surface area contributed by atoms with Gasteiger partial charge < -0.3 is 15.7 Å². The Kier molecular flexibility index (Phi) is 5.49. The molecular weight excluding hydrogens is 328 g/mol. The van der Waals surface area contributed by atoms with Gasteiger partial charge in [0.15, 0.2) is 5.78 Å². The zero-order chi connectivity index (χ0) is 18.7. The van der Waals surface area contributed by atoms with Crippen molar-refractivity contribution < 1.29 is 14.7 Å². The van der Waals surface area contributed by atoms with Crippen molar-refractivity contribution in [1.82, 2.24) is 10.6 Å². The first kappa shape index (κ1) is 18.3. The first-order chi connectivity index (χ1) is 12.5. The van der Waals surface area contributed by atoms with Crippen LogP contribution in [0, 0.1) is 19.8 Å². The Morgan fingerprint density at radius 2 is 1.81 bits per heavy atom. The second kappa shape index (κ2) is 7.81. The quantitative estimate of drug-likeness (QED) is 0.718. The third-order valence-electron chi connectivity index (χ3n) is 5.01. The first-order valence-corrected chi connectivity index (χ1v) is 8.85. The number of rotatable bonds is 5. The Balaban J connectivity index is 1.79. The highest BCUT2D eigenvalue weighted by Crippen LogP contribution is 2.18. The standard InChI is InChI=1S/C21H24N2O3/c1-13-7-8-15(9-14(13)2)20(25)17-5-3-4-6-18(17)21(26)23-11-16-10-22-12-19(16)24/h3-9,16,19,22,24H,10-12H2,1-2H3,(H,23,26). The van der Waals surface area contributed by atoms with Gasteiger partial charge >= 0.3 is 0 Å². The van der Waals surface area contributed by atoms with Crippen molar-refractivity contribution in [2.75, 3.05) is 19.6 Å². The van der Waals surface area contributed by atoms with E-state index in [1.165, 1.54) is 0 Å². The van der Waals surface area contributed by atoms with Crippen molar-refractivity contribution in [3.8, 4) is 0 Å². The van der Waals surface area contributed by atoms with Gasteiger partial charge in [-0.05, 0) is 37.1 Å². The largest absolute Gasteiger partial charge is 0.391 e. The van der Waals surface area contributed by atoms with Crippen molar-refractivity contribution in [2.45, 2.75) is 20.0 Å². The highest BCUT2D eigenvalue weighted by atomic mass is 16.3. The van der Waals surface area contributed by atoms with E-state index in [4.69, 9.17) is 0 Å². The van der Waals surface area contributed by atoms with E-state index in [1.54, 1.807) is 30.3 Å². The number of carbonyl (C=O) groups excluding carboxylic acids is 2. The molecule has 3 rings (SSSR count). The van der Waals surface area contributed by atoms with Crippen molar-refractivity contribution in [1.29, 1.82) is 0 Å². The van der Waals surface area contributed by atoms with E-state index in [9.17, 15) is 14.7 Å². The van der Waals surface area contributed by atoms with Crippen LogP contribution in [0.5, 0.6) is 0 Å². The Bertz CT molecular complexity index is 832. The van der Waals surface area contributed by atoms with E-state index in [1.807, 2.05) is 26.0 Å². The molecule has 5 nitrogen and oxygen atoms in total. The summed E-state index contributed by atoms with van der Waals surface area (Å²) in [5, 5.41) is 15.8. The topological polar surface area (TPSA) is 78.4 Å². The molecule has 1 fully saturated rings. The number of ketones is 1. The van der Waals surface area contributed by atoms with Crippen LogP contribution in [0.1, 0.15) is 37.4 Å². The summed E-state index contributed by atoms with van der Waals surface area (Å²) in [6, 6.07) is 12.4. The SMILES string of the molecule is Cc1ccc(C(=O)c2ccccc2C(=O)NCC2CNCC2O)cc1C. The third-order valence-corrected chi connectivity index (χ3v) is 5.01. The summed E-state index contributed by atoms with van der Waals surface area (Å²) in [7, 11) is 0. The van der Waals surface area contributed by atoms with E-state index in [-0.39, 0.29) is 17.6 Å². The molecule has 2 aromatic carbocycles. The van der Waals surface area contributed by atoms with Gasteiger partial charge in [-0.2, -0.15) is 0 Å². The molecule has 1 saturated heterocycles. The first-order valence-electron chi connectivity index (χ1n) is 8.85. The second-order valence-corrected chi connectivity index (χ2v) is 6.87. The Morgan fingerprint density at radius 1 is 1.08 bits per heavy atom. The molecule has 136 valence electrons. The number of β-amino-alcohol motifs (C(OH)–C–C–N with tert-alkyl or cyclic N) is 1. The number of aliphatic hydroxyl groups is 1. The van der Waals surface area contributed by atoms with Crippen LogP contribution in [0.2, 0.25) is 0 Å². The minimum absolute atomic E-state index is 0.0124. The Morgan fingerprint density at radius 3 is 2.46 bits per heavy atom. The molecule has 0 aliphatic carbocycles. The van der Waals surface area contributed by atoms with Crippen LogP contribution < -0.4 is 10.6 Å². The van der Waals surface area contributed by atoms with Crippen LogP contribution in [-0.4, -0.2) is 42.5 Å². The van der Waals surface area contributed by atoms with Crippen LogP contribution in [0.15, 0.2) is 42.5 Å². The average molecular weight is 352 g/mol. The van der Waals surface area contributed by atoms with Gasteiger partial charge in [0.05, 0.1) is 11.7 Å². The third kappa shape index (κ3) is 3.84. The van der Waals surface area contributed by atoms with Crippen LogP contribution >= 0.6 is 0 Å². The van der Waals surface area contributed by atoms with Crippen LogP contribution in [0.25, 0.3) is 0 Å². The number of benzene rings is 2. The molecule has 0 bridgehead atoms. The minimum Gasteiger partial charge on any atom is -0.391 e. The molecule has 0 spiro atoms. The fourth-order valence-electron chi connectivity index (χ4n) is 3.16. The molecule has 1 aliphatic heterocycles. The molecule has 2 unspecified atom stereocenters. The number of hydrogen-bond donors (Lipinski definition) is 3. The zero-order valence-corrected chi connectivity index (χ0v) is 15.1. The maximum atomic E-state index is 12.9. The highest BCUT2D eigenvalue weighted by molar-refractivity contribution is 6.15. The number of aryl methyl sites for hydroxylation is 2. The molecule has 3 N–H and O–H groups in total. The van der Waals surface area contributed by atoms with Gasteiger partial charge in [0.1, 0.15) is 0 Å². The smallest absolute Gasteiger partial charge is 0.252 e. The van der Waals surface area contributed by atoms with E-state index in [2.05, 4.69) is 10.6 Å². The summed E-state index contributed by atoms with van der Waals surface area (Å²) in [5.74, 6) is -0.472. The number of aliphatic hydroxyl groups excluding tert-OH is 1. The Hall–Kier alpha value is -2.50. The molecule has 1 aliphatic rings. The summed E-state index contributed by atoms with van der Waals surface area (Å²) in [5.41, 5.74) is 3.48. The number of hydrogen-bond acceptors (Lipinski definition) is 4. The molecule has 26 heavy (non-hydrogen) atoms. The van der Waals surface area contributed by atoms with Gasteiger partial charge in [-0.3, -0.25) is 9.59 Å². The summed E-state index contributed by atoms with van der Waals surface area (Å²) < 4.78 is 0. The molecule has 1 amide bonds. The zero-order valence-electron chi connectivity index (χ0n) is 15.1. The Labute approximate surface area is 153 Å². The lowest BCUT2D eigenvalue weighted by Gasteiger charge is -2.15. The molecule has 0 aromatic heterocycles. The van der Waals surface area contributed by atoms with Crippen molar-refractivity contribution in [2.24, 2.45) is 5.92 Å². The molecule has 0 radical (unpaired) electrons. The van der Waals surface area contributed by atoms with Crippen molar-refractivity contribution >= 4 is 11.7 Å². The molecule has 1 heterocycles. The number of amides is 1. The predicted molar refractivity (Wildman–Crippen MR) is 100 cm³/mol. The predicted octanol–water partition coefficient (Wildman–Crippen LogP) is 1.84. The van der Waals surface area contributed by atoms with Gasteiger partial charge in [0.2, 0.25) is 0 Å². The van der Waals surface area contributed by atoms with Gasteiger partial charge in [-0.1, -0.05) is 30.3 Å². The second-order valence-electron chi connectivity index (χ2n) is 6.87. The average Bonchev–Trinajstić information content (AvgIpc) is 3.06. The van der Waals surface area contributed by atoms with Crippen molar-refractivity contribution in [3.05, 3.63) is 70.3 Å². The van der Waals surface area contributed by atoms with Gasteiger partial charge in [0.25, 0.3) is 5.91 Å². The fourth-order valence-corrected chi connectivity index (χ4v) is 3.16. The molecule has 2 atom stereocenters. The monoisotopic (exact) mass is 352 g/mol. The summed E-state index contributed by atoms with van der Waals surface area (Å²) in [4.78, 5) is 25.5. The molecule has 2 aromatic rings. The molecule has 0 saturated carbocycles. The maximum Gasteiger partial charge on any atom is 0.252 e. The van der Waals surface area contributed by atoms with Crippen LogP contribution in [-0.2, 0) is 0 Å². The van der Waals surface area contributed by atoms with E-state index >= 15 is 0 Å². The lowest BCUT2D eigenvalue weighted by molar-refractivity contribution is 0.0917.